The summed E-state index contributed by atoms with van der Waals surface area (Å²) in [6.45, 7) is 0. The maximum atomic E-state index is 11.4. The van der Waals surface area contributed by atoms with Crippen LogP contribution in [-0.2, 0) is 0 Å². The van der Waals surface area contributed by atoms with Crippen LogP contribution < -0.4 is 17.1 Å². The van der Waals surface area contributed by atoms with E-state index in [-0.39, 0.29) is 4.99 Å². The first kappa shape index (κ1) is 11.8. The second-order valence-electron chi connectivity index (χ2n) is 3.23. The average molecular weight is 315 g/mol. The summed E-state index contributed by atoms with van der Waals surface area (Å²) in [5.41, 5.74) is 5.46. The van der Waals surface area contributed by atoms with E-state index in [2.05, 4.69) is 26.1 Å². The van der Waals surface area contributed by atoms with Crippen LogP contribution in [0.3, 0.4) is 0 Å². The van der Waals surface area contributed by atoms with Gasteiger partial charge in [0.2, 0.25) is 0 Å². The molecule has 0 radical (unpaired) electrons. The van der Waals surface area contributed by atoms with Gasteiger partial charge in [-0.15, -0.1) is 0 Å². The lowest BCUT2D eigenvalue weighted by molar-refractivity contribution is 0.946. The molecule has 6 nitrogen and oxygen atoms in total. The Hall–Kier alpha value is -1.67. The molecule has 1 aromatic carbocycles. The first-order chi connectivity index (χ1) is 8.00. The van der Waals surface area contributed by atoms with Gasteiger partial charge < -0.3 is 5.73 Å². The Labute approximate surface area is 109 Å². The maximum absolute atomic E-state index is 11.4. The third-order valence-electron chi connectivity index (χ3n) is 2.16. The zero-order valence-electron chi connectivity index (χ0n) is 8.36. The molecule has 0 aliphatic heterocycles. The molecule has 2 aromatic rings. The Morgan fingerprint density at radius 1 is 1.29 bits per heavy atom. The van der Waals surface area contributed by atoms with Crippen LogP contribution in [0, 0.1) is 0 Å². The van der Waals surface area contributed by atoms with Gasteiger partial charge in [-0.3, -0.25) is 0 Å². The predicted molar refractivity (Wildman–Crippen MR) is 70.6 cm³/mol. The van der Waals surface area contributed by atoms with Crippen molar-refractivity contribution in [3.8, 4) is 5.69 Å². The van der Waals surface area contributed by atoms with Crippen molar-refractivity contribution in [1.82, 2.24) is 14.8 Å². The highest BCUT2D eigenvalue weighted by Crippen LogP contribution is 2.20. The molecule has 0 unspecified atom stereocenters. The van der Waals surface area contributed by atoms with Crippen LogP contribution in [0.25, 0.3) is 5.69 Å². The van der Waals surface area contributed by atoms with Gasteiger partial charge in [0.05, 0.1) is 5.69 Å². The van der Waals surface area contributed by atoms with Crippen molar-refractivity contribution in [3.63, 3.8) is 0 Å². The first-order valence-electron chi connectivity index (χ1n) is 4.50. The highest BCUT2D eigenvalue weighted by Gasteiger charge is 2.10. The van der Waals surface area contributed by atoms with E-state index in [9.17, 15) is 9.59 Å². The summed E-state index contributed by atoms with van der Waals surface area (Å²) in [7, 11) is 0. The van der Waals surface area contributed by atoms with Gasteiger partial charge in [-0.25, -0.2) is 24.4 Å². The summed E-state index contributed by atoms with van der Waals surface area (Å²) in [6.07, 6.45) is 0. The predicted octanol–water partition coefficient (Wildman–Crippen LogP) is 0.251. The molecule has 1 heterocycles. The van der Waals surface area contributed by atoms with E-state index in [0.29, 0.717) is 15.7 Å². The van der Waals surface area contributed by atoms with E-state index in [4.69, 9.17) is 18.0 Å². The van der Waals surface area contributed by atoms with Crippen LogP contribution in [0.5, 0.6) is 0 Å². The number of aromatic nitrogens is 3. The molecule has 0 bridgehead atoms. The zero-order chi connectivity index (χ0) is 12.6. The minimum Gasteiger partial charge on any atom is -0.389 e. The van der Waals surface area contributed by atoms with Crippen LogP contribution in [0.15, 0.2) is 32.3 Å². The molecule has 0 aliphatic rings. The molecule has 0 aliphatic carbocycles. The van der Waals surface area contributed by atoms with Gasteiger partial charge >= 0.3 is 11.4 Å². The number of rotatable bonds is 2. The molecular formula is C9H7BrN4O2S. The average Bonchev–Trinajstić information content (AvgIpc) is 2.59. The van der Waals surface area contributed by atoms with Crippen LogP contribution in [-0.4, -0.2) is 19.8 Å². The monoisotopic (exact) mass is 314 g/mol. The highest BCUT2D eigenvalue weighted by molar-refractivity contribution is 9.10. The van der Waals surface area contributed by atoms with Crippen molar-refractivity contribution >= 4 is 33.1 Å². The van der Waals surface area contributed by atoms with Crippen molar-refractivity contribution < 1.29 is 0 Å². The van der Waals surface area contributed by atoms with Crippen LogP contribution in [0.4, 0.5) is 0 Å². The topological polar surface area (TPSA) is 96.7 Å². The molecule has 88 valence electrons. The summed E-state index contributed by atoms with van der Waals surface area (Å²) >= 11 is 8.09. The first-order valence-corrected chi connectivity index (χ1v) is 5.70. The smallest absolute Gasteiger partial charge is 0.349 e. The normalized spacial score (nSPS) is 10.4. The lowest BCUT2D eigenvalue weighted by Gasteiger charge is -2.05. The van der Waals surface area contributed by atoms with Crippen LogP contribution in [0.2, 0.25) is 0 Å². The van der Waals surface area contributed by atoms with Crippen molar-refractivity contribution in [2.45, 2.75) is 0 Å². The van der Waals surface area contributed by atoms with Gasteiger partial charge in [-0.05, 0) is 34.1 Å². The molecule has 1 aromatic heterocycles. The van der Waals surface area contributed by atoms with Gasteiger partial charge in [0.1, 0.15) is 4.99 Å². The van der Waals surface area contributed by atoms with Gasteiger partial charge in [0, 0.05) is 10.0 Å². The molecule has 0 saturated carbocycles. The van der Waals surface area contributed by atoms with Crippen molar-refractivity contribution in [1.29, 1.82) is 0 Å². The van der Waals surface area contributed by atoms with Crippen molar-refractivity contribution in [2.75, 3.05) is 0 Å². The summed E-state index contributed by atoms with van der Waals surface area (Å²) in [5, 5.41) is 4.40. The molecule has 0 fully saturated rings. The quantitative estimate of drug-likeness (QED) is 0.692. The second-order valence-corrected chi connectivity index (χ2v) is 4.52. The van der Waals surface area contributed by atoms with Gasteiger partial charge in [-0.1, -0.05) is 12.2 Å². The number of halogens is 1. The molecular weight excluding hydrogens is 308 g/mol. The van der Waals surface area contributed by atoms with E-state index in [0.717, 1.165) is 4.57 Å². The number of nitrogens with zero attached hydrogens (tertiary/aromatic N) is 1. The fourth-order valence-electron chi connectivity index (χ4n) is 1.37. The summed E-state index contributed by atoms with van der Waals surface area (Å²) in [6, 6.07) is 4.88. The molecule has 4 N–H and O–H groups in total. The van der Waals surface area contributed by atoms with Crippen LogP contribution >= 0.6 is 28.1 Å². The maximum Gasteiger partial charge on any atom is 0.349 e. The number of hydrogen-bond acceptors (Lipinski definition) is 3. The number of benzene rings is 1. The number of thiocarbonyl (C=S) groups is 1. The van der Waals surface area contributed by atoms with Gasteiger partial charge in [0.15, 0.2) is 0 Å². The minimum absolute atomic E-state index is 0.243. The molecule has 17 heavy (non-hydrogen) atoms. The lowest BCUT2D eigenvalue weighted by Crippen LogP contribution is -2.25. The Morgan fingerprint density at radius 3 is 2.35 bits per heavy atom. The Bertz CT molecular complexity index is 672. The Balaban J connectivity index is 2.67. The van der Waals surface area contributed by atoms with Crippen molar-refractivity contribution in [3.05, 3.63) is 49.2 Å². The summed E-state index contributed by atoms with van der Waals surface area (Å²) in [5.74, 6) is 0. The minimum atomic E-state index is -0.543. The number of hydrogen-bond donors (Lipinski definition) is 3. The Kier molecular flexibility index (Phi) is 2.99. The largest absolute Gasteiger partial charge is 0.389 e. The SMILES string of the molecule is NC(=S)c1ccc(-n2c(=O)[nH][nH]c2=O)c(Br)c1. The zero-order valence-corrected chi connectivity index (χ0v) is 10.8. The molecule has 0 spiro atoms. The van der Waals surface area contributed by atoms with Gasteiger partial charge in [-0.2, -0.15) is 0 Å². The lowest BCUT2D eigenvalue weighted by atomic mass is 10.2. The number of H-pyrrole nitrogens is 2. The standard InChI is InChI=1S/C9H7BrN4O2S/c10-5-3-4(7(11)17)1-2-6(5)14-8(15)12-13-9(14)16/h1-3H,(H2,11,17)(H,12,15)(H,13,16). The third kappa shape index (κ3) is 2.08. The molecule has 2 rings (SSSR count). The third-order valence-corrected chi connectivity index (χ3v) is 3.03. The molecule has 8 heteroatoms. The number of nitrogens with one attached hydrogen (secondary N) is 2. The fourth-order valence-corrected chi connectivity index (χ4v) is 2.05. The number of aromatic amines is 2. The highest BCUT2D eigenvalue weighted by atomic mass is 79.9. The molecule has 0 amide bonds. The van der Waals surface area contributed by atoms with E-state index in [1.54, 1.807) is 18.2 Å². The van der Waals surface area contributed by atoms with E-state index >= 15 is 0 Å². The summed E-state index contributed by atoms with van der Waals surface area (Å²) in [4.78, 5) is 23.1. The van der Waals surface area contributed by atoms with E-state index in [1.165, 1.54) is 0 Å². The Morgan fingerprint density at radius 2 is 1.88 bits per heavy atom. The van der Waals surface area contributed by atoms with E-state index < -0.39 is 11.4 Å². The van der Waals surface area contributed by atoms with Crippen molar-refractivity contribution in [2.24, 2.45) is 5.73 Å². The summed E-state index contributed by atoms with van der Waals surface area (Å²) < 4.78 is 1.52. The molecule has 0 atom stereocenters. The van der Waals surface area contributed by atoms with Crippen LogP contribution in [0.1, 0.15) is 5.56 Å². The number of nitrogens with two attached hydrogens (primary N) is 1. The fraction of sp³-hybridized carbons (Fsp3) is 0. The van der Waals surface area contributed by atoms with E-state index in [1.807, 2.05) is 0 Å². The van der Waals surface area contributed by atoms with Gasteiger partial charge in [0.25, 0.3) is 0 Å². The second kappa shape index (κ2) is 4.30. The molecule has 0 saturated heterocycles.